The van der Waals surface area contributed by atoms with Crippen LogP contribution < -0.4 is 5.73 Å². The average molecular weight is 277 g/mol. The summed E-state index contributed by atoms with van der Waals surface area (Å²) in [5.74, 6) is 1.08. The van der Waals surface area contributed by atoms with Gasteiger partial charge in [0.1, 0.15) is 0 Å². The maximum atomic E-state index is 5.88. The lowest BCUT2D eigenvalue weighted by atomic mass is 10.1. The van der Waals surface area contributed by atoms with Gasteiger partial charge in [-0.1, -0.05) is 22.8 Å². The third-order valence-corrected chi connectivity index (χ3v) is 3.73. The summed E-state index contributed by atoms with van der Waals surface area (Å²) in [6.07, 6.45) is 0. The Morgan fingerprint density at radius 1 is 1.17 bits per heavy atom. The third kappa shape index (κ3) is 1.89. The molecule has 0 atom stereocenters. The van der Waals surface area contributed by atoms with Gasteiger partial charge in [0.05, 0.1) is 5.56 Å². The molecule has 0 amide bonds. The van der Waals surface area contributed by atoms with E-state index in [1.165, 1.54) is 0 Å². The summed E-state index contributed by atoms with van der Waals surface area (Å²) in [6.45, 7) is 0. The van der Waals surface area contributed by atoms with Crippen molar-refractivity contribution in [3.05, 3.63) is 46.8 Å². The molecule has 0 aliphatic carbocycles. The molecule has 0 aliphatic heterocycles. The first-order valence-electron chi connectivity index (χ1n) is 5.30. The molecular weight excluding hydrogens is 268 g/mol. The zero-order chi connectivity index (χ0) is 12.5. The molecule has 0 saturated carbocycles. The highest BCUT2D eigenvalue weighted by molar-refractivity contribution is 7.13. The van der Waals surface area contributed by atoms with E-state index in [-0.39, 0.29) is 0 Å². The van der Waals surface area contributed by atoms with E-state index in [4.69, 9.17) is 21.9 Å². The summed E-state index contributed by atoms with van der Waals surface area (Å²) < 4.78 is 5.33. The largest absolute Gasteiger partial charge is 0.380 e. The first kappa shape index (κ1) is 11.3. The molecular formula is C13H9ClN2OS. The molecule has 3 rings (SSSR count). The van der Waals surface area contributed by atoms with E-state index in [2.05, 4.69) is 5.16 Å². The second-order valence-corrected chi connectivity index (χ2v) is 5.14. The molecule has 2 N–H and O–H groups in total. The Kier molecular flexibility index (Phi) is 2.81. The second kappa shape index (κ2) is 4.48. The molecule has 5 heteroatoms. The predicted octanol–water partition coefficient (Wildman–Crippen LogP) is 4.31. The van der Waals surface area contributed by atoms with Crippen molar-refractivity contribution in [2.45, 2.75) is 0 Å². The van der Waals surface area contributed by atoms with Gasteiger partial charge in [0.15, 0.2) is 11.6 Å². The van der Waals surface area contributed by atoms with Crippen LogP contribution in [0.4, 0.5) is 5.82 Å². The second-order valence-electron chi connectivity index (χ2n) is 3.76. The highest BCUT2D eigenvalue weighted by atomic mass is 35.5. The zero-order valence-electron chi connectivity index (χ0n) is 9.26. The summed E-state index contributed by atoms with van der Waals surface area (Å²) in [5.41, 5.74) is 7.62. The Morgan fingerprint density at radius 3 is 2.61 bits per heavy atom. The van der Waals surface area contributed by atoms with E-state index >= 15 is 0 Å². The summed E-state index contributed by atoms with van der Waals surface area (Å²) in [4.78, 5) is 1.04. The number of rotatable bonds is 2. The monoisotopic (exact) mass is 276 g/mol. The van der Waals surface area contributed by atoms with Gasteiger partial charge >= 0.3 is 0 Å². The molecule has 0 bridgehead atoms. The fourth-order valence-corrected chi connectivity index (χ4v) is 2.66. The van der Waals surface area contributed by atoms with Crippen molar-refractivity contribution in [3.8, 4) is 21.8 Å². The van der Waals surface area contributed by atoms with Gasteiger partial charge in [-0.3, -0.25) is 0 Å². The SMILES string of the molecule is Nc1noc(-c2ccc(Cl)cc2)c1-c1cccs1. The van der Waals surface area contributed by atoms with E-state index < -0.39 is 0 Å². The number of hydrogen-bond acceptors (Lipinski definition) is 4. The summed E-state index contributed by atoms with van der Waals surface area (Å²) >= 11 is 7.48. The van der Waals surface area contributed by atoms with Gasteiger partial charge in [0.25, 0.3) is 0 Å². The zero-order valence-corrected chi connectivity index (χ0v) is 10.8. The van der Waals surface area contributed by atoms with Crippen molar-refractivity contribution >= 4 is 28.8 Å². The molecule has 18 heavy (non-hydrogen) atoms. The van der Waals surface area contributed by atoms with Crippen LogP contribution in [-0.2, 0) is 0 Å². The highest BCUT2D eigenvalue weighted by Crippen LogP contribution is 2.38. The molecule has 3 aromatic rings. The maximum absolute atomic E-state index is 5.88. The van der Waals surface area contributed by atoms with Crippen molar-refractivity contribution < 1.29 is 4.52 Å². The Morgan fingerprint density at radius 2 is 1.94 bits per heavy atom. The van der Waals surface area contributed by atoms with Gasteiger partial charge in [0.2, 0.25) is 0 Å². The van der Waals surface area contributed by atoms with Crippen molar-refractivity contribution in [3.63, 3.8) is 0 Å². The summed E-state index contributed by atoms with van der Waals surface area (Å²) in [5, 5.41) is 6.53. The molecule has 0 aliphatic rings. The fraction of sp³-hybridized carbons (Fsp3) is 0. The molecule has 0 radical (unpaired) electrons. The minimum absolute atomic E-state index is 0.405. The molecule has 90 valence electrons. The minimum Gasteiger partial charge on any atom is -0.380 e. The molecule has 2 aromatic heterocycles. The van der Waals surface area contributed by atoms with Crippen LogP contribution in [0.1, 0.15) is 0 Å². The Balaban J connectivity index is 2.16. The van der Waals surface area contributed by atoms with Crippen molar-refractivity contribution in [2.24, 2.45) is 0 Å². The summed E-state index contributed by atoms with van der Waals surface area (Å²) in [6, 6.07) is 11.4. The number of thiophene rings is 1. The number of aromatic nitrogens is 1. The number of benzene rings is 1. The van der Waals surface area contributed by atoms with Crippen LogP contribution in [-0.4, -0.2) is 5.16 Å². The van der Waals surface area contributed by atoms with Crippen LogP contribution in [0.3, 0.4) is 0 Å². The van der Waals surface area contributed by atoms with Gasteiger partial charge in [-0.05, 0) is 35.7 Å². The molecule has 0 spiro atoms. The lowest BCUT2D eigenvalue weighted by Crippen LogP contribution is -1.86. The van der Waals surface area contributed by atoms with E-state index in [0.29, 0.717) is 16.6 Å². The molecule has 1 aromatic carbocycles. The smallest absolute Gasteiger partial charge is 0.177 e. The van der Waals surface area contributed by atoms with Crippen molar-refractivity contribution in [2.75, 3.05) is 5.73 Å². The number of halogens is 1. The Hall–Kier alpha value is -1.78. The third-order valence-electron chi connectivity index (χ3n) is 2.59. The van der Waals surface area contributed by atoms with E-state index in [1.807, 2.05) is 41.8 Å². The van der Waals surface area contributed by atoms with Gasteiger partial charge < -0.3 is 10.3 Å². The van der Waals surface area contributed by atoms with Gasteiger partial charge in [-0.15, -0.1) is 11.3 Å². The standard InChI is InChI=1S/C13H9ClN2OS/c14-9-5-3-8(4-6-9)12-11(13(15)16-17-12)10-2-1-7-18-10/h1-7H,(H2,15,16). The quantitative estimate of drug-likeness (QED) is 0.759. The summed E-state index contributed by atoms with van der Waals surface area (Å²) in [7, 11) is 0. The maximum Gasteiger partial charge on any atom is 0.177 e. The molecule has 3 nitrogen and oxygen atoms in total. The number of nitrogens with zero attached hydrogens (tertiary/aromatic N) is 1. The van der Waals surface area contributed by atoms with Crippen LogP contribution in [0.2, 0.25) is 5.02 Å². The Labute approximate surface area is 113 Å². The Bertz CT molecular complexity index is 659. The van der Waals surface area contributed by atoms with Gasteiger partial charge in [-0.25, -0.2) is 0 Å². The normalized spacial score (nSPS) is 10.7. The first-order chi connectivity index (χ1) is 8.75. The molecule has 0 saturated heterocycles. The van der Waals surface area contributed by atoms with Gasteiger partial charge in [-0.2, -0.15) is 0 Å². The van der Waals surface area contributed by atoms with Crippen molar-refractivity contribution in [1.82, 2.24) is 5.16 Å². The van der Waals surface area contributed by atoms with Gasteiger partial charge in [0, 0.05) is 15.5 Å². The van der Waals surface area contributed by atoms with E-state index in [0.717, 1.165) is 16.0 Å². The number of nitrogens with two attached hydrogens (primary N) is 1. The number of nitrogen functional groups attached to an aromatic ring is 1. The molecule has 0 unspecified atom stereocenters. The van der Waals surface area contributed by atoms with E-state index in [1.54, 1.807) is 11.3 Å². The first-order valence-corrected chi connectivity index (χ1v) is 6.56. The highest BCUT2D eigenvalue weighted by Gasteiger charge is 2.18. The average Bonchev–Trinajstić information content (AvgIpc) is 2.99. The molecule has 2 heterocycles. The number of anilines is 1. The molecule has 0 fully saturated rings. The van der Waals surface area contributed by atoms with Crippen LogP contribution in [0.5, 0.6) is 0 Å². The van der Waals surface area contributed by atoms with Crippen LogP contribution >= 0.6 is 22.9 Å². The topological polar surface area (TPSA) is 52.0 Å². The lowest BCUT2D eigenvalue weighted by molar-refractivity contribution is 0.436. The van der Waals surface area contributed by atoms with Crippen LogP contribution in [0.15, 0.2) is 46.3 Å². The van der Waals surface area contributed by atoms with Crippen LogP contribution in [0.25, 0.3) is 21.8 Å². The minimum atomic E-state index is 0.405. The lowest BCUT2D eigenvalue weighted by Gasteiger charge is -2.00. The number of hydrogen-bond donors (Lipinski definition) is 1. The van der Waals surface area contributed by atoms with Crippen molar-refractivity contribution in [1.29, 1.82) is 0 Å². The predicted molar refractivity (Wildman–Crippen MR) is 74.7 cm³/mol. The van der Waals surface area contributed by atoms with Crippen LogP contribution in [0, 0.1) is 0 Å². The van der Waals surface area contributed by atoms with E-state index in [9.17, 15) is 0 Å². The fourth-order valence-electron chi connectivity index (χ4n) is 1.76.